The molecule has 2 fully saturated rings. The standard InChI is InChI=1S/C23H36N4O.HI/c1-3-18-10-12-21(13-11-18)26-23(24-4-2)25-16-19-7-5-8-20(15-19)17-27-14-6-9-22(27)28;/h5,7-8,15,18,21H,3-4,6,9-14,16-17H2,1-2H3,(H2,24,25,26);1H. The molecule has 1 amide bonds. The van der Waals surface area contributed by atoms with Crippen LogP contribution >= 0.6 is 24.0 Å². The summed E-state index contributed by atoms with van der Waals surface area (Å²) in [5.74, 6) is 2.10. The third-order valence-corrected chi connectivity index (χ3v) is 6.07. The molecule has 1 aromatic carbocycles. The smallest absolute Gasteiger partial charge is 0.222 e. The van der Waals surface area contributed by atoms with Crippen molar-refractivity contribution in [3.05, 3.63) is 35.4 Å². The van der Waals surface area contributed by atoms with Gasteiger partial charge in [-0.3, -0.25) is 4.79 Å². The maximum Gasteiger partial charge on any atom is 0.222 e. The van der Waals surface area contributed by atoms with Crippen LogP contribution < -0.4 is 10.6 Å². The van der Waals surface area contributed by atoms with Crippen LogP contribution in [0.15, 0.2) is 29.3 Å². The molecule has 3 rings (SSSR count). The predicted molar refractivity (Wildman–Crippen MR) is 130 cm³/mol. The van der Waals surface area contributed by atoms with Crippen LogP contribution in [0.25, 0.3) is 0 Å². The maximum atomic E-state index is 11.9. The van der Waals surface area contributed by atoms with Crippen molar-refractivity contribution in [3.8, 4) is 0 Å². The fraction of sp³-hybridized carbons (Fsp3) is 0.652. The van der Waals surface area contributed by atoms with Gasteiger partial charge in [0.05, 0.1) is 6.54 Å². The summed E-state index contributed by atoms with van der Waals surface area (Å²) in [7, 11) is 0. The van der Waals surface area contributed by atoms with E-state index in [0.29, 0.717) is 19.0 Å². The van der Waals surface area contributed by atoms with E-state index in [1.54, 1.807) is 0 Å². The molecule has 6 heteroatoms. The van der Waals surface area contributed by atoms with Crippen molar-refractivity contribution >= 4 is 35.8 Å². The second-order valence-electron chi connectivity index (χ2n) is 8.20. The summed E-state index contributed by atoms with van der Waals surface area (Å²) in [6.45, 7) is 7.54. The minimum Gasteiger partial charge on any atom is -0.357 e. The summed E-state index contributed by atoms with van der Waals surface area (Å²) in [6, 6.07) is 9.02. The van der Waals surface area contributed by atoms with Crippen LogP contribution in [0.5, 0.6) is 0 Å². The molecule has 1 saturated carbocycles. The van der Waals surface area contributed by atoms with E-state index in [-0.39, 0.29) is 29.9 Å². The lowest BCUT2D eigenvalue weighted by atomic mass is 9.84. The van der Waals surface area contributed by atoms with Gasteiger partial charge in [-0.25, -0.2) is 4.99 Å². The van der Waals surface area contributed by atoms with Gasteiger partial charge in [-0.2, -0.15) is 0 Å². The Kier molecular flexibility index (Phi) is 10.2. The summed E-state index contributed by atoms with van der Waals surface area (Å²) in [4.78, 5) is 18.6. The average Bonchev–Trinajstić information content (AvgIpc) is 3.12. The number of rotatable bonds is 7. The van der Waals surface area contributed by atoms with Crippen LogP contribution in [-0.2, 0) is 17.9 Å². The minimum absolute atomic E-state index is 0. The molecule has 2 N–H and O–H groups in total. The molecule has 162 valence electrons. The topological polar surface area (TPSA) is 56.7 Å². The largest absolute Gasteiger partial charge is 0.357 e. The van der Waals surface area contributed by atoms with Crippen molar-refractivity contribution in [1.29, 1.82) is 0 Å². The summed E-state index contributed by atoms with van der Waals surface area (Å²) in [6.07, 6.45) is 8.11. The van der Waals surface area contributed by atoms with Gasteiger partial charge in [-0.05, 0) is 56.1 Å². The van der Waals surface area contributed by atoms with Crippen molar-refractivity contribution in [2.75, 3.05) is 13.1 Å². The molecule has 1 aliphatic heterocycles. The Bertz CT molecular complexity index is 671. The Hall–Kier alpha value is -1.31. The first-order chi connectivity index (χ1) is 13.7. The van der Waals surface area contributed by atoms with Crippen molar-refractivity contribution in [2.24, 2.45) is 10.9 Å². The van der Waals surface area contributed by atoms with Crippen LogP contribution in [0.2, 0.25) is 0 Å². The number of carbonyl (C=O) groups is 1. The number of amides is 1. The van der Waals surface area contributed by atoms with Crippen molar-refractivity contribution in [3.63, 3.8) is 0 Å². The van der Waals surface area contributed by atoms with E-state index < -0.39 is 0 Å². The van der Waals surface area contributed by atoms with Gasteiger partial charge in [0, 0.05) is 32.1 Å². The molecule has 0 bridgehead atoms. The zero-order valence-electron chi connectivity index (χ0n) is 18.0. The SMILES string of the molecule is CCNC(=NCc1cccc(CN2CCCC2=O)c1)NC1CCC(CC)CC1.I. The molecule has 0 radical (unpaired) electrons. The lowest BCUT2D eigenvalue weighted by molar-refractivity contribution is -0.128. The highest BCUT2D eigenvalue weighted by atomic mass is 127. The molecule has 1 aromatic rings. The fourth-order valence-corrected chi connectivity index (χ4v) is 4.32. The number of nitrogens with one attached hydrogen (secondary N) is 2. The summed E-state index contributed by atoms with van der Waals surface area (Å²) in [5, 5.41) is 7.03. The van der Waals surface area contributed by atoms with Crippen molar-refractivity contribution in [1.82, 2.24) is 15.5 Å². The molecule has 2 aliphatic rings. The number of likely N-dealkylation sites (tertiary alicyclic amines) is 1. The number of aliphatic imine (C=N–C) groups is 1. The van der Waals surface area contributed by atoms with E-state index in [2.05, 4.69) is 48.7 Å². The highest BCUT2D eigenvalue weighted by Crippen LogP contribution is 2.26. The lowest BCUT2D eigenvalue weighted by Crippen LogP contribution is -2.44. The Morgan fingerprint density at radius 2 is 1.93 bits per heavy atom. The number of hydrogen-bond donors (Lipinski definition) is 2. The second-order valence-corrected chi connectivity index (χ2v) is 8.20. The van der Waals surface area contributed by atoms with Gasteiger partial charge in [0.2, 0.25) is 5.91 Å². The Balaban J connectivity index is 0.00000300. The summed E-state index contributed by atoms with van der Waals surface area (Å²) in [5.41, 5.74) is 2.38. The average molecular weight is 512 g/mol. The summed E-state index contributed by atoms with van der Waals surface area (Å²) < 4.78 is 0. The van der Waals surface area contributed by atoms with Crippen LogP contribution in [0.4, 0.5) is 0 Å². The number of carbonyl (C=O) groups excluding carboxylic acids is 1. The molecule has 1 heterocycles. The third kappa shape index (κ3) is 7.46. The normalized spacial score (nSPS) is 22.3. The van der Waals surface area contributed by atoms with Crippen LogP contribution in [0.3, 0.4) is 0 Å². The first-order valence-electron chi connectivity index (χ1n) is 11.1. The number of halogens is 1. The first kappa shape index (κ1) is 24.0. The molecule has 5 nitrogen and oxygen atoms in total. The zero-order chi connectivity index (χ0) is 19.8. The Morgan fingerprint density at radius 3 is 2.59 bits per heavy atom. The molecule has 0 aromatic heterocycles. The lowest BCUT2D eigenvalue weighted by Gasteiger charge is -2.29. The zero-order valence-corrected chi connectivity index (χ0v) is 20.3. The van der Waals surface area contributed by atoms with E-state index in [4.69, 9.17) is 4.99 Å². The van der Waals surface area contributed by atoms with E-state index in [1.165, 1.54) is 43.2 Å². The second kappa shape index (κ2) is 12.4. The van der Waals surface area contributed by atoms with Gasteiger partial charge in [-0.1, -0.05) is 37.6 Å². The van der Waals surface area contributed by atoms with E-state index in [0.717, 1.165) is 37.9 Å². The number of guanidine groups is 1. The first-order valence-corrected chi connectivity index (χ1v) is 11.1. The molecule has 0 atom stereocenters. The van der Waals surface area contributed by atoms with E-state index in [9.17, 15) is 4.79 Å². The van der Waals surface area contributed by atoms with E-state index in [1.807, 2.05) is 4.90 Å². The van der Waals surface area contributed by atoms with E-state index >= 15 is 0 Å². The monoisotopic (exact) mass is 512 g/mol. The molecule has 0 unspecified atom stereocenters. The van der Waals surface area contributed by atoms with Gasteiger partial charge in [0.25, 0.3) is 0 Å². The molecule has 29 heavy (non-hydrogen) atoms. The Morgan fingerprint density at radius 1 is 1.17 bits per heavy atom. The Labute approximate surface area is 193 Å². The third-order valence-electron chi connectivity index (χ3n) is 6.07. The molecule has 1 saturated heterocycles. The van der Waals surface area contributed by atoms with Gasteiger partial charge < -0.3 is 15.5 Å². The minimum atomic E-state index is 0. The molecule has 0 spiro atoms. The fourth-order valence-electron chi connectivity index (χ4n) is 4.32. The van der Waals surface area contributed by atoms with Crippen molar-refractivity contribution < 1.29 is 4.79 Å². The van der Waals surface area contributed by atoms with Crippen molar-refractivity contribution in [2.45, 2.75) is 77.9 Å². The predicted octanol–water partition coefficient (Wildman–Crippen LogP) is 4.45. The quantitative estimate of drug-likeness (QED) is 0.323. The summed E-state index contributed by atoms with van der Waals surface area (Å²) >= 11 is 0. The molecular formula is C23H37IN4O. The number of hydrogen-bond acceptors (Lipinski definition) is 2. The van der Waals surface area contributed by atoms with Gasteiger partial charge in [-0.15, -0.1) is 24.0 Å². The molecular weight excluding hydrogens is 475 g/mol. The van der Waals surface area contributed by atoms with Gasteiger partial charge >= 0.3 is 0 Å². The number of benzene rings is 1. The van der Waals surface area contributed by atoms with Gasteiger partial charge in [0.15, 0.2) is 5.96 Å². The maximum absolute atomic E-state index is 11.9. The highest BCUT2D eigenvalue weighted by molar-refractivity contribution is 14.0. The van der Waals surface area contributed by atoms with Crippen LogP contribution in [-0.4, -0.2) is 35.9 Å². The molecule has 1 aliphatic carbocycles. The highest BCUT2D eigenvalue weighted by Gasteiger charge is 2.21. The van der Waals surface area contributed by atoms with Crippen LogP contribution in [0, 0.1) is 5.92 Å². The van der Waals surface area contributed by atoms with Gasteiger partial charge in [0.1, 0.15) is 0 Å². The number of nitrogens with zero attached hydrogens (tertiary/aromatic N) is 2. The van der Waals surface area contributed by atoms with Crippen LogP contribution in [0.1, 0.15) is 69.9 Å².